The molecule has 0 spiro atoms. The van der Waals surface area contributed by atoms with Crippen molar-refractivity contribution >= 4 is 46.4 Å². The first-order chi connectivity index (χ1) is 23.0. The number of nitrogens with one attached hydrogen (secondary N) is 2. The highest BCUT2D eigenvalue weighted by Crippen LogP contribution is 2.33. The molecule has 1 saturated heterocycles. The van der Waals surface area contributed by atoms with E-state index in [9.17, 15) is 9.59 Å². The molecule has 5 rings (SSSR count). The van der Waals surface area contributed by atoms with Crippen LogP contribution in [0.3, 0.4) is 0 Å². The van der Waals surface area contributed by atoms with Gasteiger partial charge in [0.25, 0.3) is 11.8 Å². The zero-order valence-electron chi connectivity index (χ0n) is 28.1. The maximum absolute atomic E-state index is 15.3. The van der Waals surface area contributed by atoms with Crippen molar-refractivity contribution in [2.45, 2.75) is 40.7 Å². The van der Waals surface area contributed by atoms with Crippen LogP contribution >= 0.6 is 11.6 Å². The Hall–Kier alpha value is -4.74. The lowest BCUT2D eigenvalue weighted by atomic mass is 10.1. The number of anilines is 4. The van der Waals surface area contributed by atoms with Gasteiger partial charge in [-0.3, -0.25) is 9.59 Å². The van der Waals surface area contributed by atoms with Crippen molar-refractivity contribution in [3.05, 3.63) is 93.9 Å². The van der Waals surface area contributed by atoms with Crippen LogP contribution < -0.4 is 20.3 Å². The number of hydrogen-bond acceptors (Lipinski definition) is 8. The zero-order chi connectivity index (χ0) is 34.5. The lowest BCUT2D eigenvalue weighted by Gasteiger charge is -2.39. The van der Waals surface area contributed by atoms with Gasteiger partial charge in [0.2, 0.25) is 11.8 Å². The van der Waals surface area contributed by atoms with Crippen molar-refractivity contribution in [1.29, 1.82) is 0 Å². The zero-order valence-corrected chi connectivity index (χ0v) is 28.9. The number of hydrogen-bond donors (Lipinski definition) is 2. The Labute approximate surface area is 285 Å². The second-order valence-corrected chi connectivity index (χ2v) is 12.3. The lowest BCUT2D eigenvalue weighted by molar-refractivity contribution is 0.0772. The van der Waals surface area contributed by atoms with Crippen LogP contribution in [0.1, 0.15) is 52.6 Å². The summed E-state index contributed by atoms with van der Waals surface area (Å²) in [5, 5.41) is 6.14. The molecule has 12 heteroatoms. The molecule has 252 valence electrons. The van der Waals surface area contributed by atoms with Crippen molar-refractivity contribution in [2.75, 3.05) is 55.3 Å². The van der Waals surface area contributed by atoms with Crippen LogP contribution in [0.15, 0.2) is 60.8 Å². The van der Waals surface area contributed by atoms with Gasteiger partial charge in [-0.05, 0) is 89.2 Å². The molecule has 2 N–H and O–H groups in total. The smallest absolute Gasteiger partial charge is 0.262 e. The van der Waals surface area contributed by atoms with E-state index >= 15 is 4.39 Å². The quantitative estimate of drug-likeness (QED) is 0.181. The minimum Gasteiger partial charge on any atom is -0.436 e. The molecule has 3 aromatic carbocycles. The third kappa shape index (κ3) is 7.69. The second-order valence-electron chi connectivity index (χ2n) is 11.9. The van der Waals surface area contributed by atoms with Gasteiger partial charge in [0.15, 0.2) is 0 Å². The van der Waals surface area contributed by atoms with Crippen molar-refractivity contribution in [1.82, 2.24) is 19.8 Å². The highest BCUT2D eigenvalue weighted by molar-refractivity contribution is 6.32. The Balaban J connectivity index is 1.44. The summed E-state index contributed by atoms with van der Waals surface area (Å²) >= 11 is 6.60. The van der Waals surface area contributed by atoms with Crippen LogP contribution in [0.2, 0.25) is 5.02 Å². The number of aromatic nitrogens is 2. The third-order valence-electron chi connectivity index (χ3n) is 8.66. The van der Waals surface area contributed by atoms with Crippen LogP contribution in [0.25, 0.3) is 0 Å². The molecule has 0 radical (unpaired) electrons. The summed E-state index contributed by atoms with van der Waals surface area (Å²) in [6, 6.07) is 15.6. The summed E-state index contributed by atoms with van der Waals surface area (Å²) in [6.07, 6.45) is 1.34. The molecule has 0 aliphatic carbocycles. The summed E-state index contributed by atoms with van der Waals surface area (Å²) in [7, 11) is 2.07. The summed E-state index contributed by atoms with van der Waals surface area (Å²) in [5.41, 5.74) is 3.85. The molecule has 48 heavy (non-hydrogen) atoms. The van der Waals surface area contributed by atoms with E-state index in [1.165, 1.54) is 18.3 Å². The molecule has 0 bridgehead atoms. The minimum absolute atomic E-state index is 0.0493. The van der Waals surface area contributed by atoms with Gasteiger partial charge < -0.3 is 30.1 Å². The molecule has 2 heterocycles. The van der Waals surface area contributed by atoms with Crippen molar-refractivity contribution in [2.24, 2.45) is 0 Å². The maximum Gasteiger partial charge on any atom is 0.262 e. The molecule has 1 atom stereocenters. The van der Waals surface area contributed by atoms with E-state index in [1.54, 1.807) is 29.2 Å². The van der Waals surface area contributed by atoms with Crippen molar-refractivity contribution < 1.29 is 18.7 Å². The average molecular weight is 674 g/mol. The average Bonchev–Trinajstić information content (AvgIpc) is 3.06. The number of amides is 2. The Morgan fingerprint density at radius 2 is 1.79 bits per heavy atom. The number of halogens is 2. The summed E-state index contributed by atoms with van der Waals surface area (Å²) in [4.78, 5) is 41.4. The van der Waals surface area contributed by atoms with Crippen molar-refractivity contribution in [3.8, 4) is 11.6 Å². The molecular weight excluding hydrogens is 633 g/mol. The summed E-state index contributed by atoms with van der Waals surface area (Å²) in [5.74, 6) is -0.826. The van der Waals surface area contributed by atoms with E-state index < -0.39 is 5.91 Å². The Morgan fingerprint density at radius 1 is 1.06 bits per heavy atom. The first kappa shape index (κ1) is 34.6. The number of nitrogens with zero attached hydrogens (tertiary/aromatic N) is 5. The number of likely N-dealkylation sites (N-methyl/N-ethyl adjacent to an activating group) is 1. The topological polar surface area (TPSA) is 103 Å². The maximum atomic E-state index is 15.3. The molecular formula is C36H41ClFN7O3. The van der Waals surface area contributed by atoms with Gasteiger partial charge in [-0.1, -0.05) is 29.8 Å². The van der Waals surface area contributed by atoms with Gasteiger partial charge in [-0.25, -0.2) is 9.37 Å². The Kier molecular flexibility index (Phi) is 10.8. The molecule has 1 unspecified atom stereocenters. The van der Waals surface area contributed by atoms with E-state index in [0.29, 0.717) is 41.8 Å². The van der Waals surface area contributed by atoms with Crippen molar-refractivity contribution in [3.63, 3.8) is 0 Å². The Morgan fingerprint density at radius 3 is 2.44 bits per heavy atom. The van der Waals surface area contributed by atoms with Gasteiger partial charge in [-0.15, -0.1) is 0 Å². The fourth-order valence-electron chi connectivity index (χ4n) is 5.60. The largest absolute Gasteiger partial charge is 0.436 e. The molecule has 1 aromatic heterocycles. The standard InChI is InChI=1S/C36H41ClFN7O3/c1-7-44(8-2)35(47)25-12-15-31(28(37)18-25)48-34-27(33(46)41-32-22(3)10-9-11-23(32)4)20-39-36(42-34)40-26-13-14-30(29(38)19-26)45-17-16-43(6)24(5)21-45/h9-15,18-20,24H,7-8,16-17,21H2,1-6H3,(H,41,46)(H,39,40,42). The van der Waals surface area contributed by atoms with Gasteiger partial charge in [0, 0.05) is 61.9 Å². The number of ether oxygens (including phenoxy) is 1. The van der Waals surface area contributed by atoms with Gasteiger partial charge in [0.05, 0.1) is 10.7 Å². The number of benzene rings is 3. The fraction of sp³-hybridized carbons (Fsp3) is 0.333. The molecule has 2 amide bonds. The number of aryl methyl sites for hydroxylation is 2. The first-order valence-corrected chi connectivity index (χ1v) is 16.4. The molecule has 0 saturated carbocycles. The van der Waals surface area contributed by atoms with E-state index in [0.717, 1.165) is 30.8 Å². The fourth-order valence-corrected chi connectivity index (χ4v) is 5.82. The molecule has 1 aliphatic heterocycles. The van der Waals surface area contributed by atoms with Gasteiger partial charge in [0.1, 0.15) is 17.1 Å². The van der Waals surface area contributed by atoms with Crippen LogP contribution in [0.5, 0.6) is 11.6 Å². The van der Waals surface area contributed by atoms with Crippen LogP contribution in [-0.4, -0.2) is 77.4 Å². The predicted octanol–water partition coefficient (Wildman–Crippen LogP) is 7.30. The number of carbonyl (C=O) groups excluding carboxylic acids is 2. The Bertz CT molecular complexity index is 1800. The van der Waals surface area contributed by atoms with Crippen LogP contribution in [0, 0.1) is 19.7 Å². The lowest BCUT2D eigenvalue weighted by Crippen LogP contribution is -2.50. The minimum atomic E-state index is -0.491. The highest BCUT2D eigenvalue weighted by atomic mass is 35.5. The highest BCUT2D eigenvalue weighted by Gasteiger charge is 2.24. The first-order valence-electron chi connectivity index (χ1n) is 16.0. The van der Waals surface area contributed by atoms with E-state index in [4.69, 9.17) is 16.3 Å². The molecule has 1 aliphatic rings. The summed E-state index contributed by atoms with van der Waals surface area (Å²) < 4.78 is 21.5. The van der Waals surface area contributed by atoms with E-state index in [2.05, 4.69) is 39.5 Å². The predicted molar refractivity (Wildman–Crippen MR) is 189 cm³/mol. The molecule has 10 nitrogen and oxygen atoms in total. The van der Waals surface area contributed by atoms with Gasteiger partial charge in [-0.2, -0.15) is 4.98 Å². The van der Waals surface area contributed by atoms with Gasteiger partial charge >= 0.3 is 0 Å². The molecule has 4 aromatic rings. The second kappa shape index (κ2) is 15.0. The third-order valence-corrected chi connectivity index (χ3v) is 8.95. The number of carbonyl (C=O) groups is 2. The summed E-state index contributed by atoms with van der Waals surface area (Å²) in [6.45, 7) is 13.2. The number of piperazine rings is 1. The number of rotatable bonds is 10. The normalized spacial score (nSPS) is 14.8. The monoisotopic (exact) mass is 673 g/mol. The SMILES string of the molecule is CCN(CC)C(=O)c1ccc(Oc2nc(Nc3ccc(N4CCN(C)C(C)C4)c(F)c3)ncc2C(=O)Nc2c(C)cccc2C)c(Cl)c1. The number of para-hydroxylation sites is 1. The van der Waals surface area contributed by atoms with E-state index in [1.807, 2.05) is 50.8 Å². The van der Waals surface area contributed by atoms with Crippen LogP contribution in [-0.2, 0) is 0 Å². The molecule has 1 fully saturated rings. The van der Waals surface area contributed by atoms with E-state index in [-0.39, 0.29) is 39.9 Å². The van der Waals surface area contributed by atoms with Crippen LogP contribution in [0.4, 0.5) is 27.4 Å².